The van der Waals surface area contributed by atoms with Crippen LogP contribution in [0.4, 0.5) is 0 Å². The molecule has 1 heterocycles. The molecule has 1 aromatic carbocycles. The quantitative estimate of drug-likeness (QED) is 0.836. The van der Waals surface area contributed by atoms with Crippen LogP contribution in [0.1, 0.15) is 43.0 Å². The number of rotatable bonds is 5. The van der Waals surface area contributed by atoms with Gasteiger partial charge in [0.2, 0.25) is 0 Å². The highest BCUT2D eigenvalue weighted by atomic mass is 35.5. The summed E-state index contributed by atoms with van der Waals surface area (Å²) >= 11 is 5.85. The Labute approximate surface area is 129 Å². The van der Waals surface area contributed by atoms with Crippen molar-refractivity contribution in [3.8, 4) is 0 Å². The van der Waals surface area contributed by atoms with E-state index in [-0.39, 0.29) is 5.78 Å². The molecule has 0 amide bonds. The van der Waals surface area contributed by atoms with Crippen LogP contribution in [0.2, 0.25) is 5.02 Å². The predicted molar refractivity (Wildman–Crippen MR) is 83.6 cm³/mol. The third kappa shape index (κ3) is 3.73. The normalized spacial score (nSPS) is 15.5. The van der Waals surface area contributed by atoms with E-state index in [1.807, 2.05) is 41.2 Å². The Balaban J connectivity index is 1.58. The molecule has 21 heavy (non-hydrogen) atoms. The topological polar surface area (TPSA) is 34.9 Å². The van der Waals surface area contributed by atoms with Gasteiger partial charge in [-0.2, -0.15) is 5.10 Å². The number of benzene rings is 1. The molecule has 1 aliphatic carbocycles. The van der Waals surface area contributed by atoms with E-state index in [1.54, 1.807) is 0 Å². The van der Waals surface area contributed by atoms with E-state index in [2.05, 4.69) is 5.10 Å². The van der Waals surface area contributed by atoms with E-state index in [0.717, 1.165) is 11.3 Å². The van der Waals surface area contributed by atoms with E-state index < -0.39 is 0 Å². The maximum Gasteiger partial charge on any atom is 0.143 e. The molecule has 1 aromatic heterocycles. The lowest BCUT2D eigenvalue weighted by molar-refractivity contribution is -0.117. The molecule has 0 saturated heterocycles. The molecular formula is C17H19ClN2O. The minimum absolute atomic E-state index is 0.189. The first kappa shape index (κ1) is 14.3. The van der Waals surface area contributed by atoms with Gasteiger partial charge in [0.25, 0.3) is 0 Å². The molecule has 0 radical (unpaired) electrons. The molecular weight excluding hydrogens is 284 g/mol. The van der Waals surface area contributed by atoms with Crippen molar-refractivity contribution in [1.29, 1.82) is 0 Å². The summed E-state index contributed by atoms with van der Waals surface area (Å²) in [5.41, 5.74) is 1.88. The fraction of sp³-hybridized carbons (Fsp3) is 0.412. The first-order chi connectivity index (χ1) is 10.2. The third-order valence-corrected chi connectivity index (χ3v) is 4.31. The highest BCUT2D eigenvalue weighted by Crippen LogP contribution is 2.28. The van der Waals surface area contributed by atoms with Crippen molar-refractivity contribution in [3.05, 3.63) is 52.8 Å². The van der Waals surface area contributed by atoms with Crippen LogP contribution in [0.3, 0.4) is 0 Å². The number of ketones is 1. The van der Waals surface area contributed by atoms with Crippen LogP contribution >= 0.6 is 11.6 Å². The van der Waals surface area contributed by atoms with Crippen molar-refractivity contribution < 1.29 is 4.79 Å². The Bertz CT molecular complexity index is 612. The summed E-state index contributed by atoms with van der Waals surface area (Å²) in [6, 6.07) is 9.94. The predicted octanol–water partition coefficient (Wildman–Crippen LogP) is 4.01. The minimum Gasteiger partial charge on any atom is -0.299 e. The molecule has 3 nitrogen and oxygen atoms in total. The number of halogens is 1. The molecule has 4 heteroatoms. The molecule has 1 saturated carbocycles. The number of hydrogen-bond donors (Lipinski definition) is 0. The Morgan fingerprint density at radius 3 is 2.57 bits per heavy atom. The molecule has 0 aliphatic heterocycles. The summed E-state index contributed by atoms with van der Waals surface area (Å²) < 4.78 is 2.04. The van der Waals surface area contributed by atoms with Gasteiger partial charge in [-0.1, -0.05) is 36.6 Å². The second-order valence-corrected chi connectivity index (χ2v) is 6.18. The van der Waals surface area contributed by atoms with Gasteiger partial charge in [0.1, 0.15) is 5.78 Å². The van der Waals surface area contributed by atoms with Crippen molar-refractivity contribution in [2.75, 3.05) is 0 Å². The first-order valence-electron chi connectivity index (χ1n) is 7.51. The molecule has 0 unspecified atom stereocenters. The van der Waals surface area contributed by atoms with Crippen molar-refractivity contribution in [3.63, 3.8) is 0 Å². The number of aromatic nitrogens is 2. The third-order valence-electron chi connectivity index (χ3n) is 4.06. The van der Waals surface area contributed by atoms with Gasteiger partial charge in [-0.3, -0.25) is 9.48 Å². The van der Waals surface area contributed by atoms with Gasteiger partial charge >= 0.3 is 0 Å². The second kappa shape index (κ2) is 6.44. The SMILES string of the molecule is O=C(Cc1ccc(Cl)cc1)Cc1ccn(C2CCCC2)n1. The van der Waals surface area contributed by atoms with Gasteiger partial charge in [0.05, 0.1) is 18.2 Å². The Morgan fingerprint density at radius 1 is 1.14 bits per heavy atom. The van der Waals surface area contributed by atoms with E-state index >= 15 is 0 Å². The second-order valence-electron chi connectivity index (χ2n) is 5.74. The molecule has 0 N–H and O–H groups in total. The smallest absolute Gasteiger partial charge is 0.143 e. The van der Waals surface area contributed by atoms with Crippen LogP contribution in [-0.2, 0) is 17.6 Å². The van der Waals surface area contributed by atoms with Gasteiger partial charge in [0, 0.05) is 17.6 Å². The summed E-state index contributed by atoms with van der Waals surface area (Å²) in [4.78, 5) is 12.1. The van der Waals surface area contributed by atoms with Crippen LogP contribution in [0.15, 0.2) is 36.5 Å². The van der Waals surface area contributed by atoms with E-state index in [4.69, 9.17) is 11.6 Å². The van der Waals surface area contributed by atoms with Gasteiger partial charge in [-0.05, 0) is 36.6 Å². The Morgan fingerprint density at radius 2 is 1.86 bits per heavy atom. The van der Waals surface area contributed by atoms with Gasteiger partial charge < -0.3 is 0 Å². The molecule has 0 atom stereocenters. The lowest BCUT2D eigenvalue weighted by Gasteiger charge is -2.08. The molecule has 0 spiro atoms. The number of hydrogen-bond acceptors (Lipinski definition) is 2. The maximum absolute atomic E-state index is 12.1. The van der Waals surface area contributed by atoms with Crippen molar-refractivity contribution in [1.82, 2.24) is 9.78 Å². The summed E-state index contributed by atoms with van der Waals surface area (Å²) in [6.45, 7) is 0. The van der Waals surface area contributed by atoms with Crippen molar-refractivity contribution in [2.45, 2.75) is 44.6 Å². The highest BCUT2D eigenvalue weighted by molar-refractivity contribution is 6.30. The number of carbonyl (C=O) groups is 1. The monoisotopic (exact) mass is 302 g/mol. The minimum atomic E-state index is 0.189. The zero-order chi connectivity index (χ0) is 14.7. The molecule has 0 bridgehead atoms. The standard InChI is InChI=1S/C17H19ClN2O/c18-14-7-5-13(6-8-14)11-17(21)12-15-9-10-20(19-15)16-3-1-2-4-16/h5-10,16H,1-4,11-12H2. The first-order valence-corrected chi connectivity index (χ1v) is 7.89. The molecule has 3 rings (SSSR count). The van der Waals surface area contributed by atoms with Crippen LogP contribution in [0.5, 0.6) is 0 Å². The number of Topliss-reactive ketones (excluding diaryl/α,β-unsaturated/α-hetero) is 1. The number of carbonyl (C=O) groups excluding carboxylic acids is 1. The van der Waals surface area contributed by atoms with Crippen LogP contribution in [0.25, 0.3) is 0 Å². The Hall–Kier alpha value is -1.61. The number of nitrogens with zero attached hydrogens (tertiary/aromatic N) is 2. The fourth-order valence-electron chi connectivity index (χ4n) is 2.94. The van der Waals surface area contributed by atoms with E-state index in [1.165, 1.54) is 25.7 Å². The van der Waals surface area contributed by atoms with Crippen molar-refractivity contribution >= 4 is 17.4 Å². The van der Waals surface area contributed by atoms with Crippen LogP contribution in [0, 0.1) is 0 Å². The molecule has 1 aliphatic rings. The maximum atomic E-state index is 12.1. The molecule has 110 valence electrons. The highest BCUT2D eigenvalue weighted by Gasteiger charge is 2.18. The van der Waals surface area contributed by atoms with Gasteiger partial charge in [-0.25, -0.2) is 0 Å². The van der Waals surface area contributed by atoms with Gasteiger partial charge in [0.15, 0.2) is 0 Å². The average Bonchev–Trinajstić information content (AvgIpc) is 3.12. The van der Waals surface area contributed by atoms with Crippen molar-refractivity contribution in [2.24, 2.45) is 0 Å². The van der Waals surface area contributed by atoms with Crippen LogP contribution < -0.4 is 0 Å². The van der Waals surface area contributed by atoms with Gasteiger partial charge in [-0.15, -0.1) is 0 Å². The zero-order valence-electron chi connectivity index (χ0n) is 12.0. The summed E-state index contributed by atoms with van der Waals surface area (Å²) in [5, 5.41) is 5.26. The fourth-order valence-corrected chi connectivity index (χ4v) is 3.06. The summed E-state index contributed by atoms with van der Waals surface area (Å²) in [5.74, 6) is 0.189. The van der Waals surface area contributed by atoms with E-state index in [0.29, 0.717) is 23.9 Å². The summed E-state index contributed by atoms with van der Waals surface area (Å²) in [6.07, 6.45) is 7.85. The zero-order valence-corrected chi connectivity index (χ0v) is 12.7. The Kier molecular flexibility index (Phi) is 4.39. The summed E-state index contributed by atoms with van der Waals surface area (Å²) in [7, 11) is 0. The average molecular weight is 303 g/mol. The molecule has 2 aromatic rings. The van der Waals surface area contributed by atoms with Crippen LogP contribution in [-0.4, -0.2) is 15.6 Å². The largest absolute Gasteiger partial charge is 0.299 e. The van der Waals surface area contributed by atoms with E-state index in [9.17, 15) is 4.79 Å². The lowest BCUT2D eigenvalue weighted by atomic mass is 10.1. The molecule has 1 fully saturated rings. The lowest BCUT2D eigenvalue weighted by Crippen LogP contribution is -2.09.